The van der Waals surface area contributed by atoms with Gasteiger partial charge < -0.3 is 0 Å². The van der Waals surface area contributed by atoms with Crippen molar-refractivity contribution in [3.05, 3.63) is 41.0 Å². The van der Waals surface area contributed by atoms with Crippen molar-refractivity contribution < 1.29 is 18.0 Å². The monoisotopic (exact) mass is 430 g/mol. The van der Waals surface area contributed by atoms with Crippen LogP contribution in [-0.4, -0.2) is 5.78 Å². The largest absolute Gasteiger partial charge is 0.416 e. The van der Waals surface area contributed by atoms with E-state index in [0.717, 1.165) is 48.8 Å². The first-order chi connectivity index (χ1) is 14.6. The smallest absolute Gasteiger partial charge is 0.294 e. The van der Waals surface area contributed by atoms with Crippen LogP contribution in [0.25, 0.3) is 6.08 Å². The Morgan fingerprint density at radius 3 is 2.39 bits per heavy atom. The number of ketones is 1. The van der Waals surface area contributed by atoms with Crippen LogP contribution in [-0.2, 0) is 11.0 Å². The molecule has 1 nitrogen and oxygen atoms in total. The van der Waals surface area contributed by atoms with Crippen LogP contribution >= 0.6 is 0 Å². The maximum atomic E-state index is 13.5. The molecule has 31 heavy (non-hydrogen) atoms. The number of hydrogen-bond acceptors (Lipinski definition) is 1. The molecular weight excluding hydrogens is 397 g/mol. The van der Waals surface area contributed by atoms with Gasteiger partial charge in [0, 0.05) is 5.41 Å². The summed E-state index contributed by atoms with van der Waals surface area (Å²) < 4.78 is 38.6. The topological polar surface area (TPSA) is 17.1 Å². The molecule has 0 amide bonds. The molecule has 4 fully saturated rings. The summed E-state index contributed by atoms with van der Waals surface area (Å²) in [5.74, 6) is 2.82. The van der Waals surface area contributed by atoms with Gasteiger partial charge >= 0.3 is 6.18 Å². The summed E-state index contributed by atoms with van der Waals surface area (Å²) in [6.45, 7) is 4.70. The first kappa shape index (κ1) is 21.3. The van der Waals surface area contributed by atoms with E-state index in [2.05, 4.69) is 13.8 Å². The van der Waals surface area contributed by atoms with Gasteiger partial charge in [0.2, 0.25) is 0 Å². The summed E-state index contributed by atoms with van der Waals surface area (Å²) in [6.07, 6.45) is 8.40. The van der Waals surface area contributed by atoms with Gasteiger partial charge in [-0.25, -0.2) is 0 Å². The first-order valence-corrected chi connectivity index (χ1v) is 12.1. The van der Waals surface area contributed by atoms with Gasteiger partial charge in [-0.05, 0) is 103 Å². The van der Waals surface area contributed by atoms with Crippen molar-refractivity contribution in [2.45, 2.75) is 77.8 Å². The van der Waals surface area contributed by atoms with E-state index in [1.807, 2.05) is 6.08 Å². The van der Waals surface area contributed by atoms with Gasteiger partial charge in [0.05, 0.1) is 5.56 Å². The molecule has 6 atom stereocenters. The number of alkyl halides is 3. The molecule has 168 valence electrons. The number of hydrogen-bond donors (Lipinski definition) is 0. The molecule has 0 bridgehead atoms. The molecule has 4 saturated carbocycles. The van der Waals surface area contributed by atoms with Crippen molar-refractivity contribution in [3.63, 3.8) is 0 Å². The minimum atomic E-state index is -4.33. The molecule has 0 aromatic heterocycles. The van der Waals surface area contributed by atoms with E-state index in [0.29, 0.717) is 22.8 Å². The number of benzene rings is 1. The molecule has 5 unspecified atom stereocenters. The Balaban J connectivity index is 1.42. The maximum Gasteiger partial charge on any atom is 0.416 e. The lowest BCUT2D eigenvalue weighted by molar-refractivity contribution is -0.138. The van der Waals surface area contributed by atoms with E-state index in [1.54, 1.807) is 0 Å². The molecule has 4 aliphatic carbocycles. The van der Waals surface area contributed by atoms with Crippen molar-refractivity contribution in [1.29, 1.82) is 0 Å². The van der Waals surface area contributed by atoms with Crippen molar-refractivity contribution in [1.82, 2.24) is 0 Å². The highest BCUT2D eigenvalue weighted by Crippen LogP contribution is 2.66. The molecular formula is C27H33F3O. The van der Waals surface area contributed by atoms with Crippen LogP contribution in [0.15, 0.2) is 29.8 Å². The van der Waals surface area contributed by atoms with Crippen LogP contribution in [0.2, 0.25) is 0 Å². The Labute approximate surface area is 183 Å². The minimum absolute atomic E-state index is 0.242. The van der Waals surface area contributed by atoms with Crippen LogP contribution in [0.1, 0.15) is 82.8 Å². The van der Waals surface area contributed by atoms with Crippen molar-refractivity contribution >= 4 is 11.9 Å². The summed E-state index contributed by atoms with van der Waals surface area (Å²) in [6, 6.07) is 5.21. The van der Waals surface area contributed by atoms with Gasteiger partial charge in [-0.2, -0.15) is 13.2 Å². The van der Waals surface area contributed by atoms with Crippen LogP contribution < -0.4 is 0 Å². The predicted octanol–water partition coefficient (Wildman–Crippen LogP) is 7.70. The van der Waals surface area contributed by atoms with Gasteiger partial charge in [-0.15, -0.1) is 0 Å². The lowest BCUT2D eigenvalue weighted by Gasteiger charge is -2.59. The second-order valence-electron chi connectivity index (χ2n) is 11.2. The van der Waals surface area contributed by atoms with Crippen LogP contribution in [0.3, 0.4) is 0 Å². The molecule has 5 rings (SSSR count). The van der Waals surface area contributed by atoms with Crippen LogP contribution in [0.4, 0.5) is 13.2 Å². The van der Waals surface area contributed by atoms with Crippen molar-refractivity contribution in [2.24, 2.45) is 34.5 Å². The van der Waals surface area contributed by atoms with Gasteiger partial charge in [-0.3, -0.25) is 4.79 Å². The lowest BCUT2D eigenvalue weighted by Crippen LogP contribution is -2.52. The lowest BCUT2D eigenvalue weighted by atomic mass is 9.45. The second-order valence-corrected chi connectivity index (χ2v) is 11.2. The van der Waals surface area contributed by atoms with E-state index in [9.17, 15) is 18.0 Å². The van der Waals surface area contributed by atoms with Crippen LogP contribution in [0.5, 0.6) is 0 Å². The number of fused-ring (bicyclic) bond motifs is 5. The highest BCUT2D eigenvalue weighted by molar-refractivity contribution is 6.05. The Bertz CT molecular complexity index is 898. The SMILES string of the molecule is CC12CCC3C(CC[C@H]4CCCCC34C)C1C/C(=C\c1ccc(C(F)(F)F)cc1)C2=O. The molecule has 1 aromatic rings. The third kappa shape index (κ3) is 3.31. The first-order valence-electron chi connectivity index (χ1n) is 12.1. The average molecular weight is 431 g/mol. The predicted molar refractivity (Wildman–Crippen MR) is 116 cm³/mol. The van der Waals surface area contributed by atoms with E-state index < -0.39 is 11.7 Å². The summed E-state index contributed by atoms with van der Waals surface area (Å²) in [7, 11) is 0. The van der Waals surface area contributed by atoms with E-state index >= 15 is 0 Å². The van der Waals surface area contributed by atoms with Gasteiger partial charge in [0.1, 0.15) is 0 Å². The number of carbonyl (C=O) groups is 1. The minimum Gasteiger partial charge on any atom is -0.294 e. The zero-order valence-corrected chi connectivity index (χ0v) is 18.6. The molecule has 0 spiro atoms. The van der Waals surface area contributed by atoms with Crippen LogP contribution in [0, 0.1) is 34.5 Å². The third-order valence-electron chi connectivity index (χ3n) is 9.80. The fourth-order valence-corrected chi connectivity index (χ4v) is 8.06. The van der Waals surface area contributed by atoms with E-state index in [4.69, 9.17) is 0 Å². The molecule has 0 N–H and O–H groups in total. The normalized spacial score (nSPS) is 41.6. The molecule has 1 aromatic carbocycles. The van der Waals surface area contributed by atoms with Crippen molar-refractivity contribution in [3.8, 4) is 0 Å². The summed E-state index contributed by atoms with van der Waals surface area (Å²) in [5.41, 5.74) is 1.01. The zero-order valence-electron chi connectivity index (χ0n) is 18.6. The second kappa shape index (κ2) is 7.22. The average Bonchev–Trinajstić information content (AvgIpc) is 2.98. The van der Waals surface area contributed by atoms with Gasteiger partial charge in [0.25, 0.3) is 0 Å². The molecule has 0 saturated heterocycles. The molecule has 4 heteroatoms. The number of rotatable bonds is 1. The highest BCUT2D eigenvalue weighted by atomic mass is 19.4. The van der Waals surface area contributed by atoms with E-state index in [1.165, 1.54) is 50.7 Å². The molecule has 4 aliphatic rings. The standard InChI is InChI=1S/C27H33F3O/c1-25-13-4-3-5-19(25)10-11-21-22(25)12-14-26(2)23(21)16-18(24(26)31)15-17-6-8-20(9-7-17)27(28,29)30/h6-9,15,19,21-23H,3-5,10-14,16H2,1-2H3/b18-15+/t19-,21?,22?,23?,25?,26?/m1/s1. The summed E-state index contributed by atoms with van der Waals surface area (Å²) in [4.78, 5) is 13.5. The Kier molecular flexibility index (Phi) is 4.95. The quantitative estimate of drug-likeness (QED) is 0.417. The summed E-state index contributed by atoms with van der Waals surface area (Å²) in [5, 5.41) is 0. The third-order valence-corrected chi connectivity index (χ3v) is 9.80. The zero-order chi connectivity index (χ0) is 22.0. The van der Waals surface area contributed by atoms with Gasteiger partial charge in [-0.1, -0.05) is 38.8 Å². The van der Waals surface area contributed by atoms with E-state index in [-0.39, 0.29) is 11.2 Å². The van der Waals surface area contributed by atoms with Crippen molar-refractivity contribution in [2.75, 3.05) is 0 Å². The molecule has 0 aliphatic heterocycles. The fourth-order valence-electron chi connectivity index (χ4n) is 8.06. The summed E-state index contributed by atoms with van der Waals surface area (Å²) >= 11 is 0. The number of allylic oxidation sites excluding steroid dienone is 1. The number of Topliss-reactive ketones (excluding diaryl/α,β-unsaturated/α-hetero) is 1. The highest BCUT2D eigenvalue weighted by Gasteiger charge is 2.60. The number of carbonyl (C=O) groups excluding carboxylic acids is 1. The Hall–Kier alpha value is -1.58. The Morgan fingerprint density at radius 2 is 1.68 bits per heavy atom. The molecule has 0 heterocycles. The van der Waals surface area contributed by atoms with Gasteiger partial charge in [0.15, 0.2) is 5.78 Å². The number of halogens is 3. The molecule has 0 radical (unpaired) electrons. The maximum absolute atomic E-state index is 13.5. The fraction of sp³-hybridized carbons (Fsp3) is 0.667. The Morgan fingerprint density at radius 1 is 0.935 bits per heavy atom.